The molecule has 1 N–H and O–H groups in total. The van der Waals surface area contributed by atoms with E-state index in [9.17, 15) is 9.18 Å². The van der Waals surface area contributed by atoms with Crippen molar-refractivity contribution < 1.29 is 4.39 Å². The summed E-state index contributed by atoms with van der Waals surface area (Å²) >= 11 is 1.46. The number of nitrogens with one attached hydrogen (secondary N) is 1. The molecular weight excluding hydrogens is 239 g/mol. The molecule has 0 radical (unpaired) electrons. The number of benzene rings is 1. The molecule has 17 heavy (non-hydrogen) atoms. The van der Waals surface area contributed by atoms with Gasteiger partial charge in [0.1, 0.15) is 10.8 Å². The van der Waals surface area contributed by atoms with Gasteiger partial charge < -0.3 is 4.98 Å². The maximum atomic E-state index is 13.2. The Kier molecular flexibility index (Phi) is 2.16. The highest BCUT2D eigenvalue weighted by Crippen LogP contribution is 2.22. The van der Waals surface area contributed by atoms with Gasteiger partial charge in [0.15, 0.2) is 0 Å². The summed E-state index contributed by atoms with van der Waals surface area (Å²) in [6.07, 6.45) is 0. The monoisotopic (exact) mass is 248 g/mol. The van der Waals surface area contributed by atoms with Gasteiger partial charge in [-0.05, 0) is 36.1 Å². The maximum absolute atomic E-state index is 13.2. The molecule has 0 saturated carbocycles. The molecular formula is C12H9FN2OS. The third-order valence-electron chi connectivity index (χ3n) is 2.58. The Balaban J connectivity index is 2.39. The minimum Gasteiger partial charge on any atom is -0.305 e. The van der Waals surface area contributed by atoms with E-state index in [0.717, 1.165) is 10.6 Å². The fraction of sp³-hybridized carbons (Fsp3) is 0.0833. The molecule has 5 heteroatoms. The largest absolute Gasteiger partial charge is 0.331 e. The Hall–Kier alpha value is -1.88. The van der Waals surface area contributed by atoms with Gasteiger partial charge in [0, 0.05) is 6.07 Å². The van der Waals surface area contributed by atoms with E-state index in [4.69, 9.17) is 0 Å². The van der Waals surface area contributed by atoms with E-state index in [1.54, 1.807) is 6.07 Å². The van der Waals surface area contributed by atoms with Crippen molar-refractivity contribution in [2.24, 2.45) is 0 Å². The Morgan fingerprint density at radius 3 is 2.88 bits per heavy atom. The molecule has 0 spiro atoms. The highest BCUT2D eigenvalue weighted by atomic mass is 32.1. The second kappa shape index (κ2) is 3.56. The number of hydrogen-bond acceptors (Lipinski definition) is 2. The summed E-state index contributed by atoms with van der Waals surface area (Å²) in [4.78, 5) is 14.6. The molecule has 3 rings (SSSR count). The van der Waals surface area contributed by atoms with Crippen molar-refractivity contribution in [3.8, 4) is 5.00 Å². The summed E-state index contributed by atoms with van der Waals surface area (Å²) < 4.78 is 14.7. The lowest BCUT2D eigenvalue weighted by molar-refractivity contribution is 0.629. The van der Waals surface area contributed by atoms with Crippen molar-refractivity contribution in [3.05, 3.63) is 51.5 Å². The minimum absolute atomic E-state index is 0.243. The zero-order valence-corrected chi connectivity index (χ0v) is 9.84. The van der Waals surface area contributed by atoms with Crippen LogP contribution in [0.1, 0.15) is 5.56 Å². The van der Waals surface area contributed by atoms with Crippen LogP contribution in [-0.4, -0.2) is 9.55 Å². The van der Waals surface area contributed by atoms with E-state index in [-0.39, 0.29) is 11.5 Å². The first-order chi connectivity index (χ1) is 8.15. The van der Waals surface area contributed by atoms with Gasteiger partial charge in [0.05, 0.1) is 11.0 Å². The smallest absolute Gasteiger partial charge is 0.305 e. The van der Waals surface area contributed by atoms with E-state index < -0.39 is 0 Å². The molecule has 0 unspecified atom stereocenters. The summed E-state index contributed by atoms with van der Waals surface area (Å²) in [5, 5.41) is 2.75. The second-order valence-electron chi connectivity index (χ2n) is 3.89. The summed E-state index contributed by atoms with van der Waals surface area (Å²) in [6.45, 7) is 1.96. The van der Waals surface area contributed by atoms with E-state index in [2.05, 4.69) is 4.98 Å². The number of rotatable bonds is 1. The predicted molar refractivity (Wildman–Crippen MR) is 66.5 cm³/mol. The van der Waals surface area contributed by atoms with Gasteiger partial charge in [-0.2, -0.15) is 0 Å². The van der Waals surface area contributed by atoms with Crippen molar-refractivity contribution in [1.29, 1.82) is 0 Å². The molecule has 0 aliphatic heterocycles. The van der Waals surface area contributed by atoms with E-state index >= 15 is 0 Å². The molecule has 2 heterocycles. The zero-order chi connectivity index (χ0) is 12.0. The molecule has 3 aromatic rings. The molecule has 0 fully saturated rings. The van der Waals surface area contributed by atoms with Crippen LogP contribution in [0.25, 0.3) is 16.0 Å². The highest BCUT2D eigenvalue weighted by Gasteiger charge is 2.10. The fourth-order valence-corrected chi connectivity index (χ4v) is 2.74. The van der Waals surface area contributed by atoms with Crippen LogP contribution in [-0.2, 0) is 0 Å². The lowest BCUT2D eigenvalue weighted by Crippen LogP contribution is -2.13. The number of aryl methyl sites for hydroxylation is 1. The number of halogens is 1. The predicted octanol–water partition coefficient (Wildman–Crippen LogP) is 2.83. The van der Waals surface area contributed by atoms with Crippen LogP contribution in [0.4, 0.5) is 4.39 Å². The summed E-state index contributed by atoms with van der Waals surface area (Å²) in [5.41, 5.74) is 2.05. The molecule has 3 nitrogen and oxygen atoms in total. The number of aromatic amines is 1. The normalized spacial score (nSPS) is 11.2. The molecule has 1 aromatic carbocycles. The Labute approximate surface area is 100 Å². The van der Waals surface area contributed by atoms with Crippen molar-refractivity contribution in [1.82, 2.24) is 9.55 Å². The molecule has 0 saturated heterocycles. The third-order valence-corrected chi connectivity index (χ3v) is 3.61. The Morgan fingerprint density at radius 2 is 2.18 bits per heavy atom. The van der Waals surface area contributed by atoms with Crippen LogP contribution in [0.15, 0.2) is 34.4 Å². The van der Waals surface area contributed by atoms with Gasteiger partial charge in [-0.1, -0.05) is 0 Å². The van der Waals surface area contributed by atoms with Crippen LogP contribution in [0.3, 0.4) is 0 Å². The molecule has 86 valence electrons. The molecule has 0 atom stereocenters. The number of H-pyrrole nitrogens is 1. The quantitative estimate of drug-likeness (QED) is 0.706. The number of imidazole rings is 1. The lowest BCUT2D eigenvalue weighted by atomic mass is 10.3. The van der Waals surface area contributed by atoms with Crippen molar-refractivity contribution in [2.45, 2.75) is 6.92 Å². The highest BCUT2D eigenvalue weighted by molar-refractivity contribution is 7.12. The number of nitrogens with zero attached hydrogens (tertiary/aromatic N) is 1. The summed E-state index contributed by atoms with van der Waals surface area (Å²) in [7, 11) is 0. The molecule has 0 aliphatic rings. The van der Waals surface area contributed by atoms with Gasteiger partial charge in [-0.3, -0.25) is 4.57 Å². The number of fused-ring (bicyclic) bond motifs is 1. The maximum Gasteiger partial charge on any atom is 0.331 e. The minimum atomic E-state index is -0.349. The average molecular weight is 248 g/mol. The van der Waals surface area contributed by atoms with Gasteiger partial charge >= 0.3 is 5.69 Å². The van der Waals surface area contributed by atoms with Crippen LogP contribution in [0.5, 0.6) is 0 Å². The molecule has 0 bridgehead atoms. The summed E-state index contributed by atoms with van der Waals surface area (Å²) in [6, 6.07) is 6.18. The van der Waals surface area contributed by atoms with Crippen LogP contribution in [0, 0.1) is 12.7 Å². The average Bonchev–Trinajstić information content (AvgIpc) is 2.81. The van der Waals surface area contributed by atoms with E-state index in [1.165, 1.54) is 28.0 Å². The first-order valence-corrected chi connectivity index (χ1v) is 5.99. The first kappa shape index (κ1) is 10.3. The number of thiophene rings is 1. The Morgan fingerprint density at radius 1 is 1.35 bits per heavy atom. The SMILES string of the molecule is Cc1csc(-n2c(=O)[nH]c3ccc(F)cc32)c1. The molecule has 0 aliphatic carbocycles. The van der Waals surface area contributed by atoms with Crippen molar-refractivity contribution in [3.63, 3.8) is 0 Å². The van der Waals surface area contributed by atoms with Crippen LogP contribution >= 0.6 is 11.3 Å². The fourth-order valence-electron chi connectivity index (χ4n) is 1.83. The van der Waals surface area contributed by atoms with Crippen molar-refractivity contribution in [2.75, 3.05) is 0 Å². The number of hydrogen-bond donors (Lipinski definition) is 1. The van der Waals surface area contributed by atoms with Crippen LogP contribution in [0.2, 0.25) is 0 Å². The van der Waals surface area contributed by atoms with Crippen molar-refractivity contribution >= 4 is 22.4 Å². The molecule has 2 aromatic heterocycles. The van der Waals surface area contributed by atoms with E-state index in [0.29, 0.717) is 11.0 Å². The Bertz CT molecular complexity index is 753. The lowest BCUT2D eigenvalue weighted by Gasteiger charge is -1.98. The van der Waals surface area contributed by atoms with Crippen LogP contribution < -0.4 is 5.69 Å². The van der Waals surface area contributed by atoms with Gasteiger partial charge in [-0.25, -0.2) is 9.18 Å². The van der Waals surface area contributed by atoms with Gasteiger partial charge in [0.25, 0.3) is 0 Å². The zero-order valence-electron chi connectivity index (χ0n) is 9.03. The van der Waals surface area contributed by atoms with Gasteiger partial charge in [-0.15, -0.1) is 11.3 Å². The van der Waals surface area contributed by atoms with Gasteiger partial charge in [0.2, 0.25) is 0 Å². The number of aromatic nitrogens is 2. The third kappa shape index (κ3) is 1.59. The molecule has 0 amide bonds. The first-order valence-electron chi connectivity index (χ1n) is 5.11. The summed E-state index contributed by atoms with van der Waals surface area (Å²) in [5.74, 6) is -0.349. The topological polar surface area (TPSA) is 37.8 Å². The second-order valence-corrected chi connectivity index (χ2v) is 4.78. The van der Waals surface area contributed by atoms with E-state index in [1.807, 2.05) is 18.4 Å². The standard InChI is InChI=1S/C12H9FN2OS/c1-7-4-11(17-6-7)15-10-5-8(13)2-3-9(10)14-12(15)16/h2-6H,1H3,(H,14,16).